The number of non-ortho nitro benzene ring substituents is 1. The number of imide groups is 1. The van der Waals surface area contributed by atoms with Crippen molar-refractivity contribution in [2.24, 2.45) is 0 Å². The number of nitro groups is 1. The predicted molar refractivity (Wildman–Crippen MR) is 113 cm³/mol. The Labute approximate surface area is 177 Å². The highest BCUT2D eigenvalue weighted by atomic mass is 32.2. The standard InChI is InChI=1S/C21H20N2O6S/c1-3-10-22-20(24)19(30-21(22)25)12-15-6-9-17(18(11-15)28-2)29-13-14-4-7-16(8-5-14)23(26)27/h4-9,11-12H,3,10,13H2,1-2H3/b19-12+. The van der Waals surface area contributed by atoms with Gasteiger partial charge in [-0.2, -0.15) is 0 Å². The van der Waals surface area contributed by atoms with Crippen LogP contribution in [0.4, 0.5) is 10.5 Å². The van der Waals surface area contributed by atoms with Crippen molar-refractivity contribution in [1.82, 2.24) is 4.90 Å². The Morgan fingerprint density at radius 1 is 1.13 bits per heavy atom. The number of hydrogen-bond donors (Lipinski definition) is 0. The normalized spacial score (nSPS) is 15.0. The summed E-state index contributed by atoms with van der Waals surface area (Å²) in [5.41, 5.74) is 1.50. The minimum Gasteiger partial charge on any atom is -0.493 e. The molecule has 1 aliphatic heterocycles. The van der Waals surface area contributed by atoms with Gasteiger partial charge in [0.1, 0.15) is 6.61 Å². The average Bonchev–Trinajstić information content (AvgIpc) is 3.00. The fourth-order valence-corrected chi connectivity index (χ4v) is 3.70. The molecular weight excluding hydrogens is 408 g/mol. The monoisotopic (exact) mass is 428 g/mol. The molecule has 1 aliphatic rings. The smallest absolute Gasteiger partial charge is 0.293 e. The van der Waals surface area contributed by atoms with E-state index in [2.05, 4.69) is 0 Å². The minimum atomic E-state index is -0.455. The number of ether oxygens (including phenoxy) is 2. The Balaban J connectivity index is 1.73. The second-order valence-electron chi connectivity index (χ2n) is 6.46. The Morgan fingerprint density at radius 3 is 2.50 bits per heavy atom. The molecule has 0 radical (unpaired) electrons. The van der Waals surface area contributed by atoms with Crippen molar-refractivity contribution < 1.29 is 24.0 Å². The van der Waals surface area contributed by atoms with E-state index in [-0.39, 0.29) is 23.4 Å². The van der Waals surface area contributed by atoms with Crippen molar-refractivity contribution in [3.05, 3.63) is 68.6 Å². The van der Waals surface area contributed by atoms with Crippen LogP contribution in [-0.2, 0) is 11.4 Å². The highest BCUT2D eigenvalue weighted by molar-refractivity contribution is 8.18. The molecule has 0 aliphatic carbocycles. The van der Waals surface area contributed by atoms with E-state index >= 15 is 0 Å². The molecule has 0 atom stereocenters. The summed E-state index contributed by atoms with van der Waals surface area (Å²) in [6.07, 6.45) is 2.36. The van der Waals surface area contributed by atoms with Gasteiger partial charge in [-0.3, -0.25) is 24.6 Å². The number of methoxy groups -OCH3 is 1. The van der Waals surface area contributed by atoms with E-state index in [4.69, 9.17) is 9.47 Å². The number of hydrogen-bond acceptors (Lipinski definition) is 7. The lowest BCUT2D eigenvalue weighted by Gasteiger charge is -2.12. The number of rotatable bonds is 8. The van der Waals surface area contributed by atoms with Crippen LogP contribution >= 0.6 is 11.8 Å². The van der Waals surface area contributed by atoms with Crippen molar-refractivity contribution in [3.8, 4) is 11.5 Å². The maximum absolute atomic E-state index is 12.4. The molecule has 0 spiro atoms. The van der Waals surface area contributed by atoms with Gasteiger partial charge < -0.3 is 9.47 Å². The van der Waals surface area contributed by atoms with Crippen molar-refractivity contribution in [3.63, 3.8) is 0 Å². The number of thioether (sulfide) groups is 1. The number of carbonyl (C=O) groups is 2. The van der Waals surface area contributed by atoms with E-state index in [0.717, 1.165) is 17.3 Å². The molecule has 1 heterocycles. The van der Waals surface area contributed by atoms with E-state index in [1.165, 1.54) is 24.1 Å². The van der Waals surface area contributed by atoms with E-state index < -0.39 is 4.92 Å². The molecule has 2 aromatic rings. The average molecular weight is 428 g/mol. The molecule has 30 heavy (non-hydrogen) atoms. The first-order valence-corrected chi connectivity index (χ1v) is 10.0. The lowest BCUT2D eigenvalue weighted by atomic mass is 10.1. The van der Waals surface area contributed by atoms with Crippen LogP contribution < -0.4 is 9.47 Å². The third-order valence-corrected chi connectivity index (χ3v) is 5.26. The molecule has 0 N–H and O–H groups in total. The second-order valence-corrected chi connectivity index (χ2v) is 7.45. The minimum absolute atomic E-state index is 0.0176. The van der Waals surface area contributed by atoms with Gasteiger partial charge in [-0.05, 0) is 59.7 Å². The Hall–Kier alpha value is -3.33. The topological polar surface area (TPSA) is 99.0 Å². The molecule has 1 fully saturated rings. The first-order valence-electron chi connectivity index (χ1n) is 9.22. The summed E-state index contributed by atoms with van der Waals surface area (Å²) < 4.78 is 11.2. The summed E-state index contributed by atoms with van der Waals surface area (Å²) in [6.45, 7) is 2.53. The van der Waals surface area contributed by atoms with Crippen LogP contribution in [0.15, 0.2) is 47.4 Å². The molecule has 0 saturated carbocycles. The zero-order chi connectivity index (χ0) is 21.7. The first-order chi connectivity index (χ1) is 14.4. The zero-order valence-electron chi connectivity index (χ0n) is 16.5. The highest BCUT2D eigenvalue weighted by Gasteiger charge is 2.34. The van der Waals surface area contributed by atoms with Crippen LogP contribution in [0.1, 0.15) is 24.5 Å². The van der Waals surface area contributed by atoms with Crippen molar-refractivity contribution in [1.29, 1.82) is 0 Å². The van der Waals surface area contributed by atoms with E-state index in [1.807, 2.05) is 6.92 Å². The van der Waals surface area contributed by atoms with Crippen molar-refractivity contribution in [2.45, 2.75) is 20.0 Å². The number of nitrogens with zero attached hydrogens (tertiary/aromatic N) is 2. The lowest BCUT2D eigenvalue weighted by molar-refractivity contribution is -0.384. The highest BCUT2D eigenvalue weighted by Crippen LogP contribution is 2.34. The van der Waals surface area contributed by atoms with Crippen LogP contribution in [0.2, 0.25) is 0 Å². The van der Waals surface area contributed by atoms with Crippen LogP contribution in [0, 0.1) is 10.1 Å². The quantitative estimate of drug-likeness (QED) is 0.343. The number of carbonyl (C=O) groups excluding carboxylic acids is 2. The first kappa shape index (κ1) is 21.4. The van der Waals surface area contributed by atoms with E-state index in [0.29, 0.717) is 34.9 Å². The maximum atomic E-state index is 12.4. The molecule has 0 unspecified atom stereocenters. The molecular formula is C21H20N2O6S. The van der Waals surface area contributed by atoms with E-state index in [1.54, 1.807) is 36.4 Å². The van der Waals surface area contributed by atoms with Gasteiger partial charge in [0.15, 0.2) is 11.5 Å². The molecule has 2 aromatic carbocycles. The summed E-state index contributed by atoms with van der Waals surface area (Å²) in [4.78, 5) is 36.2. The largest absolute Gasteiger partial charge is 0.493 e. The Bertz CT molecular complexity index is 1000. The molecule has 0 aromatic heterocycles. The zero-order valence-corrected chi connectivity index (χ0v) is 17.3. The van der Waals surface area contributed by atoms with Crippen LogP contribution in [0.3, 0.4) is 0 Å². The summed E-state index contributed by atoms with van der Waals surface area (Å²) >= 11 is 0.923. The number of nitro benzene ring substituents is 1. The second kappa shape index (κ2) is 9.45. The maximum Gasteiger partial charge on any atom is 0.293 e. The fraction of sp³-hybridized carbons (Fsp3) is 0.238. The molecule has 3 rings (SSSR count). The van der Waals surface area contributed by atoms with Crippen molar-refractivity contribution >= 4 is 34.7 Å². The predicted octanol–water partition coefficient (Wildman–Crippen LogP) is 4.63. The number of amides is 2. The molecule has 2 amide bonds. The van der Waals surface area contributed by atoms with Gasteiger partial charge in [-0.15, -0.1) is 0 Å². The fourth-order valence-electron chi connectivity index (χ4n) is 2.84. The van der Waals surface area contributed by atoms with Gasteiger partial charge in [0.05, 0.1) is 16.9 Å². The lowest BCUT2D eigenvalue weighted by Crippen LogP contribution is -2.28. The summed E-state index contributed by atoms with van der Waals surface area (Å²) in [6, 6.07) is 11.3. The van der Waals surface area contributed by atoms with Gasteiger partial charge in [-0.1, -0.05) is 13.0 Å². The molecule has 156 valence electrons. The summed E-state index contributed by atoms with van der Waals surface area (Å²) in [5.74, 6) is 0.676. The SMILES string of the molecule is CCCN1C(=O)S/C(=C/c2ccc(OCc3ccc([N+](=O)[O-])cc3)c(OC)c2)C1=O. The van der Waals surface area contributed by atoms with E-state index in [9.17, 15) is 19.7 Å². The van der Waals surface area contributed by atoms with Crippen molar-refractivity contribution in [2.75, 3.05) is 13.7 Å². The Kier molecular flexibility index (Phi) is 6.73. The number of benzene rings is 2. The third kappa shape index (κ3) is 4.80. The van der Waals surface area contributed by atoms with Gasteiger partial charge in [0, 0.05) is 18.7 Å². The molecule has 0 bridgehead atoms. The summed E-state index contributed by atoms with van der Waals surface area (Å²) in [5, 5.41) is 10.5. The van der Waals surface area contributed by atoms with Crippen LogP contribution in [0.5, 0.6) is 11.5 Å². The van der Waals surface area contributed by atoms with Gasteiger partial charge in [0.25, 0.3) is 16.8 Å². The van der Waals surface area contributed by atoms with Gasteiger partial charge in [0.2, 0.25) is 0 Å². The molecule has 8 nitrogen and oxygen atoms in total. The van der Waals surface area contributed by atoms with Gasteiger partial charge in [-0.25, -0.2) is 0 Å². The molecule has 1 saturated heterocycles. The third-order valence-electron chi connectivity index (χ3n) is 4.35. The molecule has 9 heteroatoms. The Morgan fingerprint density at radius 2 is 1.87 bits per heavy atom. The van der Waals surface area contributed by atoms with Crippen LogP contribution in [0.25, 0.3) is 6.08 Å². The summed E-state index contributed by atoms with van der Waals surface area (Å²) in [7, 11) is 1.51. The van der Waals surface area contributed by atoms with Gasteiger partial charge >= 0.3 is 0 Å². The van der Waals surface area contributed by atoms with Crippen LogP contribution in [-0.4, -0.2) is 34.6 Å².